The molecule has 2 aromatic heterocycles. The summed E-state index contributed by atoms with van der Waals surface area (Å²) in [4.78, 5) is 25.9. The van der Waals surface area contributed by atoms with E-state index in [9.17, 15) is 14.7 Å². The van der Waals surface area contributed by atoms with Gasteiger partial charge >= 0.3 is 5.97 Å². The van der Waals surface area contributed by atoms with Crippen molar-refractivity contribution in [2.75, 3.05) is 6.61 Å². The molecule has 1 fully saturated rings. The van der Waals surface area contributed by atoms with E-state index in [1.807, 2.05) is 24.3 Å². The molecule has 5 rings (SSSR count). The molecule has 2 atom stereocenters. The fraction of sp³-hybridized carbons (Fsp3) is 0.240. The Morgan fingerprint density at radius 1 is 1.20 bits per heavy atom. The fourth-order valence-corrected chi connectivity index (χ4v) is 5.71. The minimum absolute atomic E-state index is 0.0548. The van der Waals surface area contributed by atoms with E-state index < -0.39 is 24.5 Å². The Hall–Kier alpha value is -3.11. The number of amides is 1. The maximum Gasteiger partial charge on any atom is 0.342 e. The van der Waals surface area contributed by atoms with Crippen LogP contribution in [0.1, 0.15) is 47.2 Å². The summed E-state index contributed by atoms with van der Waals surface area (Å²) in [6.07, 6.45) is 7.71. The number of ether oxygens (including phenoxy) is 1. The van der Waals surface area contributed by atoms with Crippen LogP contribution in [0.5, 0.6) is 5.75 Å². The van der Waals surface area contributed by atoms with Crippen molar-refractivity contribution in [2.24, 2.45) is 11.0 Å². The van der Waals surface area contributed by atoms with Crippen LogP contribution in [0.3, 0.4) is 0 Å². The third-order valence-electron chi connectivity index (χ3n) is 6.03. The second-order valence-electron chi connectivity index (χ2n) is 8.23. The van der Waals surface area contributed by atoms with Crippen molar-refractivity contribution < 1.29 is 28.3 Å². The van der Waals surface area contributed by atoms with Gasteiger partial charge in [0.05, 0.1) is 22.7 Å². The van der Waals surface area contributed by atoms with Crippen molar-refractivity contribution in [2.45, 2.75) is 25.3 Å². The number of aromatic hydroxyl groups is 1. The van der Waals surface area contributed by atoms with E-state index in [1.165, 1.54) is 11.1 Å². The third kappa shape index (κ3) is 4.72. The van der Waals surface area contributed by atoms with E-state index in [1.54, 1.807) is 24.7 Å². The Morgan fingerprint density at radius 3 is 2.74 bits per heavy atom. The molecular weight excluding hydrogens is 584 g/mol. The highest BCUT2D eigenvalue weighted by molar-refractivity contribution is 9.11. The summed E-state index contributed by atoms with van der Waals surface area (Å²) in [5.41, 5.74) is 1.75. The van der Waals surface area contributed by atoms with Gasteiger partial charge in [0.25, 0.3) is 5.91 Å². The molecule has 1 aromatic carbocycles. The van der Waals surface area contributed by atoms with Crippen molar-refractivity contribution >= 4 is 55.5 Å². The molecular formula is C25H20Br2N2O6. The molecule has 0 radical (unpaired) electrons. The second-order valence-corrected chi connectivity index (χ2v) is 10.00. The summed E-state index contributed by atoms with van der Waals surface area (Å²) in [6.45, 7) is -0.541. The fourth-order valence-electron chi connectivity index (χ4n) is 4.48. The molecule has 1 amide bonds. The normalized spacial score (nSPS) is 20.6. The van der Waals surface area contributed by atoms with Gasteiger partial charge in [0, 0.05) is 10.4 Å². The Morgan fingerprint density at radius 2 is 2.00 bits per heavy atom. The van der Waals surface area contributed by atoms with Crippen LogP contribution in [0, 0.1) is 5.92 Å². The zero-order valence-corrected chi connectivity index (χ0v) is 21.5. The molecule has 0 saturated heterocycles. The van der Waals surface area contributed by atoms with Gasteiger partial charge in [0.1, 0.15) is 28.9 Å². The van der Waals surface area contributed by atoms with Gasteiger partial charge in [-0.1, -0.05) is 15.9 Å². The van der Waals surface area contributed by atoms with Crippen molar-refractivity contribution in [1.29, 1.82) is 0 Å². The monoisotopic (exact) mass is 602 g/mol. The average Bonchev–Trinajstić information content (AvgIpc) is 3.60. The first-order valence-corrected chi connectivity index (χ1v) is 12.5. The Kier molecular flexibility index (Phi) is 6.66. The third-order valence-corrected chi connectivity index (χ3v) is 7.09. The number of hydrogen-bond donors (Lipinski definition) is 1. The molecule has 1 aliphatic carbocycles. The SMILES string of the molecule is O=C(OCC(=O)N1N=C2C(=Cc3ccco3)CCCC2C1c1ccco1)c1cc(Br)cc(Br)c1O. The molecule has 1 N–H and O–H groups in total. The summed E-state index contributed by atoms with van der Waals surface area (Å²) in [6, 6.07) is 9.86. The topological polar surface area (TPSA) is 105 Å². The van der Waals surface area contributed by atoms with Gasteiger partial charge in [-0.15, -0.1) is 0 Å². The number of furan rings is 2. The molecule has 180 valence electrons. The number of rotatable bonds is 5. The van der Waals surface area contributed by atoms with E-state index in [0.29, 0.717) is 14.7 Å². The maximum absolute atomic E-state index is 13.3. The molecule has 1 saturated carbocycles. The molecule has 10 heteroatoms. The number of hydrazone groups is 1. The van der Waals surface area contributed by atoms with Crippen molar-refractivity contribution in [1.82, 2.24) is 5.01 Å². The number of esters is 1. The number of hydrogen-bond acceptors (Lipinski definition) is 7. The highest BCUT2D eigenvalue weighted by atomic mass is 79.9. The van der Waals surface area contributed by atoms with Crippen LogP contribution in [0.2, 0.25) is 0 Å². The standard InChI is InChI=1S/C25H20Br2N2O6/c26-15-11-18(24(31)19(27)12-15)25(32)35-13-21(30)29-23(20-7-3-9-34-20)17-6-1-4-14(22(17)28-29)10-16-5-2-8-33-16/h2-3,5,7-12,17,23,31H,1,4,6,13H2. The van der Waals surface area contributed by atoms with Gasteiger partial charge in [0.2, 0.25) is 0 Å². The summed E-state index contributed by atoms with van der Waals surface area (Å²) in [5, 5.41) is 16.2. The van der Waals surface area contributed by atoms with Crippen LogP contribution in [0.15, 0.2) is 77.4 Å². The largest absolute Gasteiger partial charge is 0.506 e. The summed E-state index contributed by atoms with van der Waals surface area (Å²) < 4.78 is 17.3. The molecule has 2 aliphatic rings. The predicted molar refractivity (Wildman–Crippen MR) is 134 cm³/mol. The van der Waals surface area contributed by atoms with Crippen molar-refractivity contribution in [3.63, 3.8) is 0 Å². The van der Waals surface area contributed by atoms with E-state index in [-0.39, 0.29) is 17.2 Å². The Labute approximate surface area is 217 Å². The van der Waals surface area contributed by atoms with Crippen LogP contribution >= 0.6 is 31.9 Å². The summed E-state index contributed by atoms with van der Waals surface area (Å²) in [5.74, 6) is -0.305. The predicted octanol–water partition coefficient (Wildman–Crippen LogP) is 6.08. The average molecular weight is 604 g/mol. The van der Waals surface area contributed by atoms with Crippen LogP contribution in [0.4, 0.5) is 0 Å². The second kappa shape index (κ2) is 9.87. The van der Waals surface area contributed by atoms with Crippen molar-refractivity contribution in [3.8, 4) is 5.75 Å². The number of benzene rings is 1. The van der Waals surface area contributed by atoms with E-state index >= 15 is 0 Å². The van der Waals surface area contributed by atoms with Gasteiger partial charge < -0.3 is 18.7 Å². The van der Waals surface area contributed by atoms with Gasteiger partial charge in [-0.3, -0.25) is 4.79 Å². The molecule has 1 aliphatic heterocycles. The van der Waals surface area contributed by atoms with E-state index in [2.05, 4.69) is 37.0 Å². The first-order chi connectivity index (χ1) is 16.9. The molecule has 0 bridgehead atoms. The van der Waals surface area contributed by atoms with Gasteiger partial charge in [0.15, 0.2) is 6.61 Å². The first-order valence-electron chi connectivity index (χ1n) is 11.0. The number of halogens is 2. The number of allylic oxidation sites excluding steroid dienone is 1. The number of phenols is 1. The zero-order chi connectivity index (χ0) is 24.5. The molecule has 8 nitrogen and oxygen atoms in total. The minimum atomic E-state index is -0.824. The lowest BCUT2D eigenvalue weighted by Crippen LogP contribution is -2.34. The number of phenolic OH excluding ortho intramolecular Hbond substituents is 1. The minimum Gasteiger partial charge on any atom is -0.506 e. The quantitative estimate of drug-likeness (QED) is 0.354. The van der Waals surface area contributed by atoms with Crippen LogP contribution in [-0.2, 0) is 9.53 Å². The number of fused-ring (bicyclic) bond motifs is 1. The van der Waals surface area contributed by atoms with Crippen LogP contribution < -0.4 is 0 Å². The maximum atomic E-state index is 13.3. The Balaban J connectivity index is 1.40. The van der Waals surface area contributed by atoms with Crippen molar-refractivity contribution in [3.05, 3.63) is 80.5 Å². The molecule has 2 unspecified atom stereocenters. The summed E-state index contributed by atoms with van der Waals surface area (Å²) in [7, 11) is 0. The van der Waals surface area contributed by atoms with Gasteiger partial charge in [-0.25, -0.2) is 9.80 Å². The smallest absolute Gasteiger partial charge is 0.342 e. The number of carbonyl (C=O) groups is 2. The lowest BCUT2D eigenvalue weighted by atomic mass is 9.79. The van der Waals surface area contributed by atoms with E-state index in [4.69, 9.17) is 13.6 Å². The van der Waals surface area contributed by atoms with Gasteiger partial charge in [-0.05, 0) is 83.2 Å². The Bertz CT molecular complexity index is 1310. The van der Waals surface area contributed by atoms with Gasteiger partial charge in [-0.2, -0.15) is 5.10 Å². The highest BCUT2D eigenvalue weighted by Crippen LogP contribution is 2.44. The molecule has 35 heavy (non-hydrogen) atoms. The summed E-state index contributed by atoms with van der Waals surface area (Å²) >= 11 is 6.46. The highest BCUT2D eigenvalue weighted by Gasteiger charge is 2.45. The van der Waals surface area contributed by atoms with Crippen LogP contribution in [-0.4, -0.2) is 34.3 Å². The number of carbonyl (C=O) groups excluding carboxylic acids is 2. The van der Waals surface area contributed by atoms with Crippen LogP contribution in [0.25, 0.3) is 6.08 Å². The van der Waals surface area contributed by atoms with E-state index in [0.717, 1.165) is 36.3 Å². The number of nitrogens with zero attached hydrogens (tertiary/aromatic N) is 2. The molecule has 3 heterocycles. The zero-order valence-electron chi connectivity index (χ0n) is 18.3. The molecule has 3 aromatic rings. The first kappa shape index (κ1) is 23.6. The lowest BCUT2D eigenvalue weighted by molar-refractivity contribution is -0.137. The molecule has 0 spiro atoms. The lowest BCUT2D eigenvalue weighted by Gasteiger charge is -2.27.